The van der Waals surface area contributed by atoms with E-state index in [0.29, 0.717) is 12.6 Å². The van der Waals surface area contributed by atoms with Gasteiger partial charge in [0, 0.05) is 25.7 Å². The Morgan fingerprint density at radius 1 is 1.20 bits per heavy atom. The molecule has 3 N–H and O–H groups in total. The molecule has 0 fully saturated rings. The van der Waals surface area contributed by atoms with Crippen LogP contribution in [0.2, 0.25) is 0 Å². The molecule has 0 saturated heterocycles. The van der Waals surface area contributed by atoms with Crippen LogP contribution in [0.15, 0.2) is 24.3 Å². The number of hydrogen-bond donors (Lipinski definition) is 2. The van der Waals surface area contributed by atoms with Crippen molar-refractivity contribution in [2.45, 2.75) is 58.7 Å². The molecule has 0 aliphatic carbocycles. The fourth-order valence-corrected chi connectivity index (χ4v) is 3.21. The number of halogens is 2. The van der Waals surface area contributed by atoms with Gasteiger partial charge in [-0.2, -0.15) is 0 Å². The van der Waals surface area contributed by atoms with Gasteiger partial charge in [0.25, 0.3) is 0 Å². The number of nitrogens with one attached hydrogen (secondary N) is 1. The number of fused-ring (bicyclic) bond motifs is 1. The molecule has 0 aromatic heterocycles. The second-order valence-electron chi connectivity index (χ2n) is 6.71. The third-order valence-electron chi connectivity index (χ3n) is 5.22. The third-order valence-corrected chi connectivity index (χ3v) is 5.22. The van der Waals surface area contributed by atoms with Crippen LogP contribution in [-0.4, -0.2) is 36.0 Å². The highest BCUT2D eigenvalue weighted by Gasteiger charge is 2.24. The minimum Gasteiger partial charge on any atom is -0.353 e. The second kappa shape index (κ2) is 11.7. The average Bonchev–Trinajstić information content (AvgIpc) is 2.60. The van der Waals surface area contributed by atoms with Crippen LogP contribution in [0.3, 0.4) is 0 Å². The molecular weight excluding hydrogens is 357 g/mol. The summed E-state index contributed by atoms with van der Waals surface area (Å²) < 4.78 is 0. The van der Waals surface area contributed by atoms with Gasteiger partial charge in [-0.05, 0) is 29.9 Å². The van der Waals surface area contributed by atoms with Gasteiger partial charge in [-0.3, -0.25) is 9.69 Å². The average molecular weight is 390 g/mol. The van der Waals surface area contributed by atoms with Crippen LogP contribution < -0.4 is 11.1 Å². The summed E-state index contributed by atoms with van der Waals surface area (Å²) >= 11 is 0. The summed E-state index contributed by atoms with van der Waals surface area (Å²) in [6.45, 7) is 9.00. The normalized spacial score (nSPS) is 17.3. The molecule has 2 rings (SSSR count). The summed E-state index contributed by atoms with van der Waals surface area (Å²) in [5.41, 5.74) is 8.89. The van der Waals surface area contributed by atoms with E-state index in [-0.39, 0.29) is 36.6 Å². The second-order valence-corrected chi connectivity index (χ2v) is 6.71. The fraction of sp³-hybridized carbons (Fsp3) is 0.632. The molecule has 25 heavy (non-hydrogen) atoms. The maximum absolute atomic E-state index is 12.2. The Kier molecular flexibility index (Phi) is 11.4. The van der Waals surface area contributed by atoms with Gasteiger partial charge in [0.05, 0.1) is 6.04 Å². The molecule has 1 aromatic carbocycles. The summed E-state index contributed by atoms with van der Waals surface area (Å²) in [5, 5.41) is 3.06. The molecule has 144 valence electrons. The van der Waals surface area contributed by atoms with Crippen molar-refractivity contribution in [2.75, 3.05) is 13.1 Å². The number of nitrogens with two attached hydrogens (primary N) is 1. The Morgan fingerprint density at radius 2 is 1.84 bits per heavy atom. The quantitative estimate of drug-likeness (QED) is 0.752. The first kappa shape index (κ1) is 24.2. The van der Waals surface area contributed by atoms with Gasteiger partial charge < -0.3 is 11.1 Å². The number of carbonyl (C=O) groups is 1. The Bertz CT molecular complexity index is 527. The standard InChI is InChI=1S/C19H31N3O.2ClH/c1-4-14(3)18(20)19(23)21-12-17(5-2)22-11-10-15-8-6-7-9-16(15)13-22;;/h6-9,14,17-18H,4-5,10-13,20H2,1-3H3,(H,21,23);2*1H. The Labute approximate surface area is 164 Å². The molecule has 1 aliphatic heterocycles. The number of rotatable bonds is 7. The van der Waals surface area contributed by atoms with Crippen LogP contribution in [-0.2, 0) is 17.8 Å². The molecule has 0 saturated carbocycles. The maximum Gasteiger partial charge on any atom is 0.237 e. The van der Waals surface area contributed by atoms with E-state index in [1.165, 1.54) is 11.1 Å². The largest absolute Gasteiger partial charge is 0.353 e. The number of carbonyl (C=O) groups excluding carboxylic acids is 1. The maximum atomic E-state index is 12.2. The summed E-state index contributed by atoms with van der Waals surface area (Å²) in [5.74, 6) is 0.201. The Balaban J connectivity index is 0.00000288. The molecule has 0 bridgehead atoms. The van der Waals surface area contributed by atoms with Gasteiger partial charge in [0.15, 0.2) is 0 Å². The van der Waals surface area contributed by atoms with Crippen molar-refractivity contribution in [2.24, 2.45) is 11.7 Å². The smallest absolute Gasteiger partial charge is 0.237 e. The lowest BCUT2D eigenvalue weighted by atomic mass is 9.97. The zero-order valence-corrected chi connectivity index (χ0v) is 17.2. The lowest BCUT2D eigenvalue weighted by Gasteiger charge is -2.35. The zero-order chi connectivity index (χ0) is 16.8. The molecule has 1 aromatic rings. The minimum atomic E-state index is -0.403. The highest BCUT2D eigenvalue weighted by atomic mass is 35.5. The van der Waals surface area contributed by atoms with Gasteiger partial charge in [-0.1, -0.05) is 51.5 Å². The first-order chi connectivity index (χ1) is 11.1. The molecule has 1 aliphatic rings. The SMILES string of the molecule is CCC(C)C(N)C(=O)NCC(CC)N1CCc2ccccc2C1.Cl.Cl. The fourth-order valence-electron chi connectivity index (χ4n) is 3.21. The predicted octanol–water partition coefficient (Wildman–Crippen LogP) is 3.16. The van der Waals surface area contributed by atoms with Gasteiger partial charge >= 0.3 is 0 Å². The van der Waals surface area contributed by atoms with E-state index in [1.807, 2.05) is 6.92 Å². The van der Waals surface area contributed by atoms with E-state index in [2.05, 4.69) is 48.3 Å². The summed E-state index contributed by atoms with van der Waals surface area (Å²) in [6, 6.07) is 8.63. The number of benzene rings is 1. The van der Waals surface area contributed by atoms with Crippen LogP contribution in [0, 0.1) is 5.92 Å². The molecule has 6 heteroatoms. The Hall–Kier alpha value is -0.810. The van der Waals surface area contributed by atoms with Crippen molar-refractivity contribution < 1.29 is 4.79 Å². The predicted molar refractivity (Wildman–Crippen MR) is 110 cm³/mol. The van der Waals surface area contributed by atoms with Crippen LogP contribution in [0.5, 0.6) is 0 Å². The first-order valence-electron chi connectivity index (χ1n) is 8.90. The minimum absolute atomic E-state index is 0. The lowest BCUT2D eigenvalue weighted by Crippen LogP contribution is -2.50. The monoisotopic (exact) mass is 389 g/mol. The molecular formula is C19H33Cl2N3O. The highest BCUT2D eigenvalue weighted by Crippen LogP contribution is 2.21. The first-order valence-corrected chi connectivity index (χ1v) is 8.90. The van der Waals surface area contributed by atoms with Crippen LogP contribution in [0.4, 0.5) is 0 Å². The van der Waals surface area contributed by atoms with Crippen molar-refractivity contribution in [3.63, 3.8) is 0 Å². The molecule has 3 unspecified atom stereocenters. The molecule has 1 heterocycles. The summed E-state index contributed by atoms with van der Waals surface area (Å²) in [4.78, 5) is 14.7. The van der Waals surface area contributed by atoms with E-state index in [0.717, 1.165) is 32.4 Å². The summed E-state index contributed by atoms with van der Waals surface area (Å²) in [6.07, 6.45) is 3.04. The lowest BCUT2D eigenvalue weighted by molar-refractivity contribution is -0.123. The topological polar surface area (TPSA) is 58.4 Å². The number of nitrogens with zero attached hydrogens (tertiary/aromatic N) is 1. The molecule has 0 spiro atoms. The van der Waals surface area contributed by atoms with E-state index < -0.39 is 6.04 Å². The van der Waals surface area contributed by atoms with Crippen LogP contribution in [0.25, 0.3) is 0 Å². The van der Waals surface area contributed by atoms with Gasteiger partial charge in [0.2, 0.25) is 5.91 Å². The Morgan fingerprint density at radius 3 is 2.44 bits per heavy atom. The molecule has 3 atom stereocenters. The van der Waals surface area contributed by atoms with Crippen molar-refractivity contribution in [3.8, 4) is 0 Å². The molecule has 0 radical (unpaired) electrons. The zero-order valence-electron chi connectivity index (χ0n) is 15.5. The van der Waals surface area contributed by atoms with Crippen molar-refractivity contribution in [3.05, 3.63) is 35.4 Å². The van der Waals surface area contributed by atoms with Crippen molar-refractivity contribution in [1.29, 1.82) is 0 Å². The van der Waals surface area contributed by atoms with E-state index in [1.54, 1.807) is 0 Å². The van der Waals surface area contributed by atoms with E-state index >= 15 is 0 Å². The van der Waals surface area contributed by atoms with E-state index in [9.17, 15) is 4.79 Å². The highest BCUT2D eigenvalue weighted by molar-refractivity contribution is 5.85. The number of hydrogen-bond acceptors (Lipinski definition) is 3. The van der Waals surface area contributed by atoms with E-state index in [4.69, 9.17) is 5.73 Å². The third kappa shape index (κ3) is 6.45. The number of amides is 1. The van der Waals surface area contributed by atoms with Gasteiger partial charge in [-0.15, -0.1) is 24.8 Å². The van der Waals surface area contributed by atoms with Gasteiger partial charge in [0.1, 0.15) is 0 Å². The molecule has 4 nitrogen and oxygen atoms in total. The van der Waals surface area contributed by atoms with Gasteiger partial charge in [-0.25, -0.2) is 0 Å². The molecule has 1 amide bonds. The van der Waals surface area contributed by atoms with Crippen LogP contribution in [0.1, 0.15) is 44.7 Å². The van der Waals surface area contributed by atoms with Crippen LogP contribution >= 0.6 is 24.8 Å². The summed E-state index contributed by atoms with van der Waals surface area (Å²) in [7, 11) is 0. The van der Waals surface area contributed by atoms with Crippen molar-refractivity contribution >= 4 is 30.7 Å². The van der Waals surface area contributed by atoms with Crippen molar-refractivity contribution in [1.82, 2.24) is 10.2 Å².